The van der Waals surface area contributed by atoms with Gasteiger partial charge in [-0.1, -0.05) is 36.4 Å². The maximum absolute atomic E-state index is 11.5. The Kier molecular flexibility index (Phi) is 4.55. The van der Waals surface area contributed by atoms with Crippen molar-refractivity contribution in [1.29, 1.82) is 0 Å². The molecule has 1 amide bonds. The Balaban J connectivity index is 1.85. The average Bonchev–Trinajstić information content (AvgIpc) is 3.26. The second kappa shape index (κ2) is 7.03. The van der Waals surface area contributed by atoms with Crippen molar-refractivity contribution < 1.29 is 14.6 Å². The molecular formula is C22H23N3O3. The molecule has 0 radical (unpaired) electrons. The first-order valence-corrected chi connectivity index (χ1v) is 9.27. The quantitative estimate of drug-likeness (QED) is 0.728. The Labute approximate surface area is 164 Å². The number of rotatable bonds is 4. The number of ether oxygens (including phenoxy) is 1. The SMILES string of the molecule is COc1cccc(C(C)n2nc3c(c2-c2ccccc2C)CN(C(=O)O)C3)c1. The molecule has 0 saturated carbocycles. The van der Waals surface area contributed by atoms with E-state index in [0.29, 0.717) is 13.1 Å². The normalized spacial score (nSPS) is 14.0. The van der Waals surface area contributed by atoms with Gasteiger partial charge in [-0.25, -0.2) is 4.79 Å². The highest BCUT2D eigenvalue weighted by Gasteiger charge is 2.32. The van der Waals surface area contributed by atoms with Crippen LogP contribution in [0.1, 0.15) is 35.3 Å². The zero-order chi connectivity index (χ0) is 19.8. The first-order valence-electron chi connectivity index (χ1n) is 9.27. The Morgan fingerprint density at radius 2 is 1.96 bits per heavy atom. The Morgan fingerprint density at radius 1 is 1.18 bits per heavy atom. The number of hydrogen-bond acceptors (Lipinski definition) is 3. The second-order valence-corrected chi connectivity index (χ2v) is 7.12. The van der Waals surface area contributed by atoms with Crippen LogP contribution in [0.25, 0.3) is 11.3 Å². The highest BCUT2D eigenvalue weighted by molar-refractivity contribution is 5.72. The zero-order valence-electron chi connectivity index (χ0n) is 16.2. The molecule has 3 aromatic rings. The summed E-state index contributed by atoms with van der Waals surface area (Å²) in [4.78, 5) is 12.9. The van der Waals surface area contributed by atoms with E-state index in [1.165, 1.54) is 4.90 Å². The molecule has 0 fully saturated rings. The lowest BCUT2D eigenvalue weighted by molar-refractivity contribution is 0.144. The maximum Gasteiger partial charge on any atom is 0.407 e. The highest BCUT2D eigenvalue weighted by Crippen LogP contribution is 2.37. The van der Waals surface area contributed by atoms with E-state index in [1.54, 1.807) is 7.11 Å². The summed E-state index contributed by atoms with van der Waals surface area (Å²) in [5, 5.41) is 14.3. The summed E-state index contributed by atoms with van der Waals surface area (Å²) < 4.78 is 7.40. The lowest BCUT2D eigenvalue weighted by Crippen LogP contribution is -2.24. The fraction of sp³-hybridized carbons (Fsp3) is 0.273. The molecule has 1 aromatic heterocycles. The minimum atomic E-state index is -0.916. The molecule has 1 aliphatic rings. The van der Waals surface area contributed by atoms with E-state index in [-0.39, 0.29) is 6.04 Å². The van der Waals surface area contributed by atoms with Gasteiger partial charge < -0.3 is 9.84 Å². The van der Waals surface area contributed by atoms with Gasteiger partial charge in [-0.05, 0) is 37.1 Å². The molecule has 2 aromatic carbocycles. The summed E-state index contributed by atoms with van der Waals surface area (Å²) in [5.41, 5.74) is 6.12. The molecule has 0 aliphatic carbocycles. The van der Waals surface area contributed by atoms with E-state index in [9.17, 15) is 9.90 Å². The Morgan fingerprint density at radius 3 is 2.68 bits per heavy atom. The second-order valence-electron chi connectivity index (χ2n) is 7.12. The maximum atomic E-state index is 11.5. The number of benzene rings is 2. The fourth-order valence-electron chi connectivity index (χ4n) is 3.82. The Hall–Kier alpha value is -3.28. The van der Waals surface area contributed by atoms with Crippen molar-refractivity contribution in [3.05, 3.63) is 70.9 Å². The summed E-state index contributed by atoms with van der Waals surface area (Å²) in [6, 6.07) is 16.1. The highest BCUT2D eigenvalue weighted by atomic mass is 16.5. The predicted molar refractivity (Wildman–Crippen MR) is 106 cm³/mol. The third-order valence-electron chi connectivity index (χ3n) is 5.40. The first kappa shape index (κ1) is 18.1. The van der Waals surface area contributed by atoms with Crippen LogP contribution in [0.2, 0.25) is 0 Å². The first-order chi connectivity index (χ1) is 13.5. The lowest BCUT2D eigenvalue weighted by atomic mass is 10.0. The van der Waals surface area contributed by atoms with Gasteiger partial charge in [0.1, 0.15) is 5.75 Å². The number of methoxy groups -OCH3 is 1. The van der Waals surface area contributed by atoms with E-state index in [2.05, 4.69) is 32.0 Å². The van der Waals surface area contributed by atoms with Crippen LogP contribution in [0.5, 0.6) is 5.75 Å². The largest absolute Gasteiger partial charge is 0.497 e. The molecule has 1 aliphatic heterocycles. The van der Waals surface area contributed by atoms with Gasteiger partial charge in [-0.2, -0.15) is 5.10 Å². The summed E-state index contributed by atoms with van der Waals surface area (Å²) in [6.45, 7) is 4.85. The molecule has 1 N–H and O–H groups in total. The average molecular weight is 377 g/mol. The monoisotopic (exact) mass is 377 g/mol. The van der Waals surface area contributed by atoms with Crippen LogP contribution in [0.4, 0.5) is 4.79 Å². The van der Waals surface area contributed by atoms with Gasteiger partial charge in [0, 0.05) is 11.1 Å². The van der Waals surface area contributed by atoms with Crippen molar-refractivity contribution in [3.63, 3.8) is 0 Å². The summed E-state index contributed by atoms with van der Waals surface area (Å²) >= 11 is 0. The van der Waals surface area contributed by atoms with Crippen molar-refractivity contribution in [1.82, 2.24) is 14.7 Å². The summed E-state index contributed by atoms with van der Waals surface area (Å²) in [7, 11) is 1.66. The molecule has 1 atom stereocenters. The number of fused-ring (bicyclic) bond motifs is 1. The fourth-order valence-corrected chi connectivity index (χ4v) is 3.82. The third kappa shape index (κ3) is 3.01. The molecule has 6 heteroatoms. The standard InChI is InChI=1S/C22H23N3O3/c1-14-7-4-5-10-18(14)21-19-12-24(22(26)27)13-20(19)23-25(21)15(2)16-8-6-9-17(11-16)28-3/h4-11,15H,12-13H2,1-3H3,(H,26,27). The number of aromatic nitrogens is 2. The Bertz CT molecular complexity index is 1040. The van der Waals surface area contributed by atoms with Crippen molar-refractivity contribution in [2.75, 3.05) is 7.11 Å². The summed E-state index contributed by atoms with van der Waals surface area (Å²) in [6.07, 6.45) is -0.916. The van der Waals surface area contributed by atoms with Gasteiger partial charge in [0.25, 0.3) is 0 Å². The van der Waals surface area contributed by atoms with Crippen molar-refractivity contribution in [3.8, 4) is 17.0 Å². The minimum Gasteiger partial charge on any atom is -0.497 e. The molecule has 4 rings (SSSR count). The number of carboxylic acid groups (broad SMARTS) is 1. The number of carbonyl (C=O) groups is 1. The molecule has 6 nitrogen and oxygen atoms in total. The number of nitrogens with zero attached hydrogens (tertiary/aromatic N) is 3. The third-order valence-corrected chi connectivity index (χ3v) is 5.40. The molecular weight excluding hydrogens is 354 g/mol. The molecule has 1 unspecified atom stereocenters. The molecule has 28 heavy (non-hydrogen) atoms. The van der Waals surface area contributed by atoms with Gasteiger partial charge in [0.05, 0.1) is 37.6 Å². The predicted octanol–water partition coefficient (Wildman–Crippen LogP) is 4.47. The van der Waals surface area contributed by atoms with Crippen LogP contribution in [0.15, 0.2) is 48.5 Å². The van der Waals surface area contributed by atoms with Crippen LogP contribution in [0.3, 0.4) is 0 Å². The van der Waals surface area contributed by atoms with Crippen LogP contribution in [-0.4, -0.2) is 33.0 Å². The number of amides is 1. The van der Waals surface area contributed by atoms with Gasteiger partial charge >= 0.3 is 6.09 Å². The van der Waals surface area contributed by atoms with E-state index >= 15 is 0 Å². The molecule has 0 saturated heterocycles. The van der Waals surface area contributed by atoms with Crippen LogP contribution in [-0.2, 0) is 13.1 Å². The lowest BCUT2D eigenvalue weighted by Gasteiger charge is -2.20. The van der Waals surface area contributed by atoms with Crippen LogP contribution >= 0.6 is 0 Å². The van der Waals surface area contributed by atoms with Crippen LogP contribution < -0.4 is 4.74 Å². The smallest absolute Gasteiger partial charge is 0.407 e. The van der Waals surface area contributed by atoms with E-state index < -0.39 is 6.09 Å². The zero-order valence-corrected chi connectivity index (χ0v) is 16.2. The molecule has 144 valence electrons. The van der Waals surface area contributed by atoms with Crippen molar-refractivity contribution in [2.45, 2.75) is 33.0 Å². The van der Waals surface area contributed by atoms with Gasteiger partial charge in [-0.15, -0.1) is 0 Å². The molecule has 0 bridgehead atoms. The van der Waals surface area contributed by atoms with Gasteiger partial charge in [0.2, 0.25) is 0 Å². The van der Waals surface area contributed by atoms with Gasteiger partial charge in [-0.3, -0.25) is 9.58 Å². The van der Waals surface area contributed by atoms with Crippen molar-refractivity contribution >= 4 is 6.09 Å². The van der Waals surface area contributed by atoms with Crippen LogP contribution in [0, 0.1) is 6.92 Å². The number of hydrogen-bond donors (Lipinski definition) is 1. The number of aryl methyl sites for hydroxylation is 1. The van der Waals surface area contributed by atoms with E-state index in [0.717, 1.165) is 39.4 Å². The van der Waals surface area contributed by atoms with Crippen molar-refractivity contribution in [2.24, 2.45) is 0 Å². The van der Waals surface area contributed by atoms with Gasteiger partial charge in [0.15, 0.2) is 0 Å². The van der Waals surface area contributed by atoms with E-state index in [1.807, 2.05) is 35.0 Å². The molecule has 0 spiro atoms. The topological polar surface area (TPSA) is 67.6 Å². The minimum absolute atomic E-state index is 0.0198. The van der Waals surface area contributed by atoms with E-state index in [4.69, 9.17) is 9.84 Å². The molecule has 2 heterocycles. The summed E-state index contributed by atoms with van der Waals surface area (Å²) in [5.74, 6) is 0.804.